The molecule has 8 heavy (non-hydrogen) atoms. The van der Waals surface area contributed by atoms with E-state index in [2.05, 4.69) is 5.32 Å². The van der Waals surface area contributed by atoms with E-state index in [1.807, 2.05) is 0 Å². The standard InChI is InChI=1S/C6H11NO/c8-3-5-1-4-2-6(4)7-5/h4-8H,1-3H2/t4-,5+,6+/m0/s1. The van der Waals surface area contributed by atoms with Crippen LogP contribution in [0.25, 0.3) is 0 Å². The van der Waals surface area contributed by atoms with Gasteiger partial charge in [0.1, 0.15) is 0 Å². The molecule has 0 unspecified atom stereocenters. The van der Waals surface area contributed by atoms with Crippen LogP contribution in [0.15, 0.2) is 0 Å². The quantitative estimate of drug-likeness (QED) is 0.490. The first kappa shape index (κ1) is 4.77. The van der Waals surface area contributed by atoms with E-state index < -0.39 is 0 Å². The number of hydrogen-bond acceptors (Lipinski definition) is 2. The summed E-state index contributed by atoms with van der Waals surface area (Å²) in [6.07, 6.45) is 2.57. The zero-order chi connectivity index (χ0) is 5.56. The molecular formula is C6H11NO. The van der Waals surface area contributed by atoms with Gasteiger partial charge in [0, 0.05) is 12.1 Å². The van der Waals surface area contributed by atoms with E-state index in [0.717, 1.165) is 12.0 Å². The first-order valence-electron chi connectivity index (χ1n) is 3.27. The molecule has 1 saturated carbocycles. The zero-order valence-corrected chi connectivity index (χ0v) is 4.80. The van der Waals surface area contributed by atoms with Crippen molar-refractivity contribution in [3.63, 3.8) is 0 Å². The Morgan fingerprint density at radius 3 is 2.75 bits per heavy atom. The molecule has 2 heteroatoms. The lowest BCUT2D eigenvalue weighted by Crippen LogP contribution is -2.28. The second kappa shape index (κ2) is 1.45. The van der Waals surface area contributed by atoms with Crippen LogP contribution in [0.4, 0.5) is 0 Å². The monoisotopic (exact) mass is 113 g/mol. The number of aliphatic hydroxyl groups excluding tert-OH is 1. The summed E-state index contributed by atoms with van der Waals surface area (Å²) in [6, 6.07) is 1.21. The lowest BCUT2D eigenvalue weighted by molar-refractivity contribution is 0.246. The fourth-order valence-corrected chi connectivity index (χ4v) is 1.58. The van der Waals surface area contributed by atoms with Gasteiger partial charge in [-0.1, -0.05) is 0 Å². The molecule has 3 atom stereocenters. The van der Waals surface area contributed by atoms with Gasteiger partial charge in [0.25, 0.3) is 0 Å². The third-order valence-electron chi connectivity index (χ3n) is 2.18. The first-order chi connectivity index (χ1) is 3.90. The molecule has 1 aliphatic carbocycles. The van der Waals surface area contributed by atoms with Gasteiger partial charge in [-0.3, -0.25) is 0 Å². The Morgan fingerprint density at radius 2 is 2.38 bits per heavy atom. The average molecular weight is 113 g/mol. The minimum absolute atomic E-state index is 0.326. The second-order valence-corrected chi connectivity index (χ2v) is 2.88. The smallest absolute Gasteiger partial charge is 0.0584 e. The highest BCUT2D eigenvalue weighted by Crippen LogP contribution is 2.40. The molecule has 2 fully saturated rings. The van der Waals surface area contributed by atoms with Gasteiger partial charge in [0.15, 0.2) is 0 Å². The summed E-state index contributed by atoms with van der Waals surface area (Å²) >= 11 is 0. The summed E-state index contributed by atoms with van der Waals surface area (Å²) in [7, 11) is 0. The van der Waals surface area contributed by atoms with Gasteiger partial charge in [0.2, 0.25) is 0 Å². The fourth-order valence-electron chi connectivity index (χ4n) is 1.58. The summed E-state index contributed by atoms with van der Waals surface area (Å²) in [4.78, 5) is 0. The molecule has 0 radical (unpaired) electrons. The van der Waals surface area contributed by atoms with Crippen molar-refractivity contribution >= 4 is 0 Å². The Labute approximate surface area is 48.9 Å². The summed E-state index contributed by atoms with van der Waals surface area (Å²) in [5.41, 5.74) is 0. The van der Waals surface area contributed by atoms with Crippen LogP contribution in [-0.4, -0.2) is 23.8 Å². The van der Waals surface area contributed by atoms with E-state index in [0.29, 0.717) is 12.6 Å². The minimum atomic E-state index is 0.326. The Hall–Kier alpha value is -0.0800. The molecule has 2 aliphatic rings. The van der Waals surface area contributed by atoms with E-state index in [-0.39, 0.29) is 0 Å². The number of hydrogen-bond donors (Lipinski definition) is 2. The summed E-state index contributed by atoms with van der Waals surface area (Å²) in [5, 5.41) is 12.0. The van der Waals surface area contributed by atoms with Crippen molar-refractivity contribution in [1.82, 2.24) is 5.32 Å². The van der Waals surface area contributed by atoms with Crippen LogP contribution in [0.1, 0.15) is 12.8 Å². The maximum absolute atomic E-state index is 8.64. The molecule has 0 spiro atoms. The predicted molar refractivity (Wildman–Crippen MR) is 30.5 cm³/mol. The normalized spacial score (nSPS) is 51.4. The molecule has 2 N–H and O–H groups in total. The van der Waals surface area contributed by atoms with Crippen LogP contribution >= 0.6 is 0 Å². The van der Waals surface area contributed by atoms with Gasteiger partial charge >= 0.3 is 0 Å². The van der Waals surface area contributed by atoms with Crippen molar-refractivity contribution in [3.8, 4) is 0 Å². The third-order valence-corrected chi connectivity index (χ3v) is 2.18. The molecule has 1 aliphatic heterocycles. The van der Waals surface area contributed by atoms with Crippen LogP contribution in [0.2, 0.25) is 0 Å². The van der Waals surface area contributed by atoms with Crippen molar-refractivity contribution in [2.75, 3.05) is 6.61 Å². The Morgan fingerprint density at radius 1 is 1.50 bits per heavy atom. The van der Waals surface area contributed by atoms with Gasteiger partial charge in [-0.15, -0.1) is 0 Å². The third kappa shape index (κ3) is 0.565. The highest BCUT2D eigenvalue weighted by Gasteiger charge is 2.45. The largest absolute Gasteiger partial charge is 0.395 e. The predicted octanol–water partition coefficient (Wildman–Crippen LogP) is -0.271. The summed E-state index contributed by atoms with van der Waals surface area (Å²) in [5.74, 6) is 0.923. The van der Waals surface area contributed by atoms with Crippen molar-refractivity contribution in [2.45, 2.75) is 24.9 Å². The molecule has 1 heterocycles. The van der Waals surface area contributed by atoms with Crippen molar-refractivity contribution in [3.05, 3.63) is 0 Å². The van der Waals surface area contributed by atoms with Crippen LogP contribution in [0, 0.1) is 5.92 Å². The molecule has 0 aromatic rings. The second-order valence-electron chi connectivity index (χ2n) is 2.88. The highest BCUT2D eigenvalue weighted by molar-refractivity contribution is 5.02. The first-order valence-corrected chi connectivity index (χ1v) is 3.27. The Kier molecular flexibility index (Phi) is 0.866. The minimum Gasteiger partial charge on any atom is -0.395 e. The van der Waals surface area contributed by atoms with Crippen molar-refractivity contribution in [1.29, 1.82) is 0 Å². The number of rotatable bonds is 1. The average Bonchev–Trinajstić information content (AvgIpc) is 2.40. The van der Waals surface area contributed by atoms with E-state index >= 15 is 0 Å². The maximum atomic E-state index is 8.64. The number of aliphatic hydroxyl groups is 1. The Balaban J connectivity index is 1.89. The SMILES string of the molecule is OC[C@H]1C[C@H]2C[C@H]2N1. The molecule has 0 amide bonds. The van der Waals surface area contributed by atoms with Crippen molar-refractivity contribution in [2.24, 2.45) is 5.92 Å². The molecule has 2 nitrogen and oxygen atoms in total. The topological polar surface area (TPSA) is 32.3 Å². The van der Waals surface area contributed by atoms with Crippen LogP contribution in [-0.2, 0) is 0 Å². The van der Waals surface area contributed by atoms with Crippen molar-refractivity contribution < 1.29 is 5.11 Å². The number of piperidine rings is 1. The highest BCUT2D eigenvalue weighted by atomic mass is 16.3. The summed E-state index contributed by atoms with van der Waals surface area (Å²) < 4.78 is 0. The van der Waals surface area contributed by atoms with E-state index in [1.165, 1.54) is 12.8 Å². The van der Waals surface area contributed by atoms with Gasteiger partial charge in [-0.05, 0) is 18.8 Å². The number of fused-ring (bicyclic) bond motifs is 1. The molecular weight excluding hydrogens is 102 g/mol. The lowest BCUT2D eigenvalue weighted by atomic mass is 10.2. The van der Waals surface area contributed by atoms with Gasteiger partial charge < -0.3 is 10.4 Å². The Bertz CT molecular complexity index is 94.7. The summed E-state index contributed by atoms with van der Waals surface area (Å²) in [6.45, 7) is 0.326. The zero-order valence-electron chi connectivity index (χ0n) is 4.80. The molecule has 0 aromatic carbocycles. The van der Waals surface area contributed by atoms with Gasteiger partial charge in [-0.2, -0.15) is 0 Å². The van der Waals surface area contributed by atoms with Gasteiger partial charge in [0.05, 0.1) is 6.61 Å². The van der Waals surface area contributed by atoms with Crippen LogP contribution < -0.4 is 5.32 Å². The number of nitrogens with one attached hydrogen (secondary N) is 1. The molecule has 2 rings (SSSR count). The van der Waals surface area contributed by atoms with Crippen LogP contribution in [0.3, 0.4) is 0 Å². The maximum Gasteiger partial charge on any atom is 0.0584 e. The molecule has 0 bridgehead atoms. The fraction of sp³-hybridized carbons (Fsp3) is 1.00. The molecule has 0 aromatic heterocycles. The van der Waals surface area contributed by atoms with Gasteiger partial charge in [-0.25, -0.2) is 0 Å². The molecule has 46 valence electrons. The lowest BCUT2D eigenvalue weighted by Gasteiger charge is -2.06. The van der Waals surface area contributed by atoms with E-state index in [9.17, 15) is 0 Å². The van der Waals surface area contributed by atoms with E-state index in [4.69, 9.17) is 5.11 Å². The van der Waals surface area contributed by atoms with E-state index in [1.54, 1.807) is 0 Å². The van der Waals surface area contributed by atoms with Crippen LogP contribution in [0.5, 0.6) is 0 Å². The molecule has 1 saturated heterocycles.